The van der Waals surface area contributed by atoms with Gasteiger partial charge in [0.15, 0.2) is 0 Å². The minimum absolute atomic E-state index is 0.165. The highest BCUT2D eigenvalue weighted by molar-refractivity contribution is 5.30. The zero-order valence-electron chi connectivity index (χ0n) is 11.3. The van der Waals surface area contributed by atoms with Crippen molar-refractivity contribution in [3.05, 3.63) is 48.4 Å². The maximum Gasteiger partial charge on any atom is 0.241 e. The van der Waals surface area contributed by atoms with Gasteiger partial charge in [0, 0.05) is 18.3 Å². The molecule has 4 heteroatoms. The molecule has 0 radical (unpaired) electrons. The van der Waals surface area contributed by atoms with Crippen LogP contribution in [0.15, 0.2) is 42.7 Å². The average molecular weight is 270 g/mol. The van der Waals surface area contributed by atoms with Crippen LogP contribution in [0.5, 0.6) is 11.6 Å². The summed E-state index contributed by atoms with van der Waals surface area (Å²) in [6.45, 7) is 0. The van der Waals surface area contributed by atoms with Crippen LogP contribution in [0, 0.1) is 0 Å². The predicted molar refractivity (Wildman–Crippen MR) is 75.8 cm³/mol. The summed E-state index contributed by atoms with van der Waals surface area (Å²) >= 11 is 0. The summed E-state index contributed by atoms with van der Waals surface area (Å²) in [6.07, 6.45) is 6.72. The van der Waals surface area contributed by atoms with Gasteiger partial charge in [0.2, 0.25) is 5.88 Å². The Labute approximate surface area is 118 Å². The van der Waals surface area contributed by atoms with Crippen LogP contribution in [0.2, 0.25) is 0 Å². The van der Waals surface area contributed by atoms with Gasteiger partial charge in [0.05, 0.1) is 6.10 Å². The van der Waals surface area contributed by atoms with Crippen molar-refractivity contribution in [3.8, 4) is 11.6 Å². The molecule has 0 aliphatic heterocycles. The average Bonchev–Trinajstić information content (AvgIpc) is 2.50. The molecular formula is C16H18N2O2. The highest BCUT2D eigenvalue weighted by Gasteiger charge is 2.25. The monoisotopic (exact) mass is 270 g/mol. The first-order valence-electron chi connectivity index (χ1n) is 7.05. The van der Waals surface area contributed by atoms with Crippen molar-refractivity contribution in [2.24, 2.45) is 0 Å². The normalized spacial score (nSPS) is 22.4. The highest BCUT2D eigenvalue weighted by Crippen LogP contribution is 2.36. The standard InChI is InChI=1S/C16H18N2O2/c19-13-8-6-12(7-9-13)15-16(18-11-10-17-15)20-14-4-2-1-3-5-14/h1-5,10-13,19H,6-9H2. The Balaban J connectivity index is 1.81. The van der Waals surface area contributed by atoms with Gasteiger partial charge in [0.1, 0.15) is 11.4 Å². The van der Waals surface area contributed by atoms with Crippen molar-refractivity contribution in [2.75, 3.05) is 0 Å². The highest BCUT2D eigenvalue weighted by atomic mass is 16.5. The molecule has 3 rings (SSSR count). The van der Waals surface area contributed by atoms with Crippen molar-refractivity contribution < 1.29 is 9.84 Å². The van der Waals surface area contributed by atoms with Crippen LogP contribution in [0.25, 0.3) is 0 Å². The molecule has 104 valence electrons. The molecule has 0 atom stereocenters. The quantitative estimate of drug-likeness (QED) is 0.929. The van der Waals surface area contributed by atoms with E-state index in [-0.39, 0.29) is 6.10 Å². The molecule has 1 aromatic carbocycles. The summed E-state index contributed by atoms with van der Waals surface area (Å²) in [5.41, 5.74) is 0.906. The summed E-state index contributed by atoms with van der Waals surface area (Å²) in [7, 11) is 0. The van der Waals surface area contributed by atoms with Gasteiger partial charge in [-0.05, 0) is 37.8 Å². The first kappa shape index (κ1) is 13.1. The molecule has 4 nitrogen and oxygen atoms in total. The molecule has 1 heterocycles. The SMILES string of the molecule is OC1CCC(c2nccnc2Oc2ccccc2)CC1. The number of aliphatic hydroxyl groups excluding tert-OH is 1. The lowest BCUT2D eigenvalue weighted by Crippen LogP contribution is -2.18. The van der Waals surface area contributed by atoms with Crippen molar-refractivity contribution >= 4 is 0 Å². The lowest BCUT2D eigenvalue weighted by molar-refractivity contribution is 0.121. The van der Waals surface area contributed by atoms with E-state index in [1.807, 2.05) is 30.3 Å². The van der Waals surface area contributed by atoms with Gasteiger partial charge in [-0.1, -0.05) is 18.2 Å². The summed E-state index contributed by atoms with van der Waals surface area (Å²) < 4.78 is 5.85. The Morgan fingerprint density at radius 1 is 0.950 bits per heavy atom. The maximum atomic E-state index is 9.61. The van der Waals surface area contributed by atoms with Crippen LogP contribution in [0.1, 0.15) is 37.3 Å². The third kappa shape index (κ3) is 2.96. The summed E-state index contributed by atoms with van der Waals surface area (Å²) in [5, 5.41) is 9.61. The zero-order valence-corrected chi connectivity index (χ0v) is 11.3. The van der Waals surface area contributed by atoms with Crippen LogP contribution in [0.4, 0.5) is 0 Å². The number of rotatable bonds is 3. The van der Waals surface area contributed by atoms with E-state index in [0.717, 1.165) is 37.1 Å². The van der Waals surface area contributed by atoms with E-state index in [0.29, 0.717) is 11.8 Å². The molecule has 1 aliphatic carbocycles. The van der Waals surface area contributed by atoms with E-state index in [9.17, 15) is 5.11 Å². The molecule has 0 amide bonds. The molecule has 0 bridgehead atoms. The molecule has 1 aromatic heterocycles. The van der Waals surface area contributed by atoms with Crippen molar-refractivity contribution in [1.29, 1.82) is 0 Å². The Bertz CT molecular complexity index is 551. The number of benzene rings is 1. The molecule has 1 N–H and O–H groups in total. The van der Waals surface area contributed by atoms with Crippen LogP contribution in [-0.2, 0) is 0 Å². The Hall–Kier alpha value is -1.94. The van der Waals surface area contributed by atoms with Crippen molar-refractivity contribution in [1.82, 2.24) is 9.97 Å². The Kier molecular flexibility index (Phi) is 3.92. The lowest BCUT2D eigenvalue weighted by atomic mass is 9.85. The third-order valence-corrected chi connectivity index (χ3v) is 3.73. The first-order valence-corrected chi connectivity index (χ1v) is 7.05. The first-order chi connectivity index (χ1) is 9.83. The molecule has 0 spiro atoms. The number of aromatic nitrogens is 2. The molecule has 1 saturated carbocycles. The number of hydrogen-bond donors (Lipinski definition) is 1. The van der Waals surface area contributed by atoms with Crippen LogP contribution >= 0.6 is 0 Å². The van der Waals surface area contributed by atoms with Gasteiger partial charge in [0.25, 0.3) is 0 Å². The Morgan fingerprint density at radius 2 is 1.65 bits per heavy atom. The van der Waals surface area contributed by atoms with E-state index in [1.54, 1.807) is 12.4 Å². The van der Waals surface area contributed by atoms with Crippen LogP contribution in [0.3, 0.4) is 0 Å². The number of aliphatic hydroxyl groups is 1. The van der Waals surface area contributed by atoms with Crippen LogP contribution < -0.4 is 4.74 Å². The van der Waals surface area contributed by atoms with Gasteiger partial charge >= 0.3 is 0 Å². The summed E-state index contributed by atoms with van der Waals surface area (Å²) in [5.74, 6) is 1.68. The van der Waals surface area contributed by atoms with E-state index in [2.05, 4.69) is 9.97 Å². The minimum Gasteiger partial charge on any atom is -0.437 e. The fourth-order valence-electron chi connectivity index (χ4n) is 2.64. The maximum absolute atomic E-state index is 9.61. The van der Waals surface area contributed by atoms with E-state index in [1.165, 1.54) is 0 Å². The Morgan fingerprint density at radius 3 is 2.40 bits per heavy atom. The van der Waals surface area contributed by atoms with Gasteiger partial charge in [-0.3, -0.25) is 4.98 Å². The minimum atomic E-state index is -0.165. The lowest BCUT2D eigenvalue weighted by Gasteiger charge is -2.25. The summed E-state index contributed by atoms with van der Waals surface area (Å²) in [4.78, 5) is 8.78. The molecule has 2 aromatic rings. The van der Waals surface area contributed by atoms with Gasteiger partial charge in [-0.25, -0.2) is 4.98 Å². The largest absolute Gasteiger partial charge is 0.437 e. The second-order valence-electron chi connectivity index (χ2n) is 5.17. The second kappa shape index (κ2) is 6.01. The fraction of sp³-hybridized carbons (Fsp3) is 0.375. The smallest absolute Gasteiger partial charge is 0.241 e. The van der Waals surface area contributed by atoms with E-state index < -0.39 is 0 Å². The zero-order chi connectivity index (χ0) is 13.8. The van der Waals surface area contributed by atoms with Gasteiger partial charge in [-0.2, -0.15) is 0 Å². The predicted octanol–water partition coefficient (Wildman–Crippen LogP) is 3.29. The summed E-state index contributed by atoms with van der Waals surface area (Å²) in [6, 6.07) is 9.63. The second-order valence-corrected chi connectivity index (χ2v) is 5.17. The van der Waals surface area contributed by atoms with Crippen LogP contribution in [-0.4, -0.2) is 21.2 Å². The molecule has 0 saturated heterocycles. The topological polar surface area (TPSA) is 55.2 Å². The number of hydrogen-bond acceptors (Lipinski definition) is 4. The van der Waals surface area contributed by atoms with E-state index in [4.69, 9.17) is 4.74 Å². The molecular weight excluding hydrogens is 252 g/mol. The van der Waals surface area contributed by atoms with Gasteiger partial charge in [-0.15, -0.1) is 0 Å². The van der Waals surface area contributed by atoms with E-state index >= 15 is 0 Å². The number of ether oxygens (including phenoxy) is 1. The number of para-hydroxylation sites is 1. The molecule has 20 heavy (non-hydrogen) atoms. The van der Waals surface area contributed by atoms with Crippen molar-refractivity contribution in [2.45, 2.75) is 37.7 Å². The third-order valence-electron chi connectivity index (χ3n) is 3.73. The molecule has 1 aliphatic rings. The fourth-order valence-corrected chi connectivity index (χ4v) is 2.64. The van der Waals surface area contributed by atoms with Crippen molar-refractivity contribution in [3.63, 3.8) is 0 Å². The molecule has 1 fully saturated rings. The number of nitrogens with zero attached hydrogens (tertiary/aromatic N) is 2. The van der Waals surface area contributed by atoms with Gasteiger partial charge < -0.3 is 9.84 Å². The molecule has 0 unspecified atom stereocenters.